The van der Waals surface area contributed by atoms with Gasteiger partial charge in [-0.15, -0.1) is 11.3 Å². The van der Waals surface area contributed by atoms with Crippen LogP contribution in [0.15, 0.2) is 33.4 Å². The molecule has 28 heavy (non-hydrogen) atoms. The lowest BCUT2D eigenvalue weighted by Gasteiger charge is -2.09. The molecule has 2 amide bonds. The number of amides is 2. The van der Waals surface area contributed by atoms with Crippen molar-refractivity contribution >= 4 is 38.0 Å². The summed E-state index contributed by atoms with van der Waals surface area (Å²) in [4.78, 5) is 22.0. The van der Waals surface area contributed by atoms with Gasteiger partial charge in [-0.05, 0) is 31.2 Å². The molecule has 0 spiro atoms. The molecular weight excluding hydrogens is 428 g/mol. The molecule has 0 aliphatic carbocycles. The van der Waals surface area contributed by atoms with Crippen molar-refractivity contribution in [2.75, 3.05) is 5.32 Å². The predicted octanol–water partition coefficient (Wildman–Crippen LogP) is 2.16. The molecule has 1 heterocycles. The fourth-order valence-electron chi connectivity index (χ4n) is 2.00. The van der Waals surface area contributed by atoms with E-state index in [4.69, 9.17) is 5.73 Å². The maximum absolute atomic E-state index is 14.1. The van der Waals surface area contributed by atoms with Gasteiger partial charge in [-0.1, -0.05) is 0 Å². The van der Waals surface area contributed by atoms with E-state index in [0.29, 0.717) is 23.5 Å². The molecule has 13 heteroatoms. The van der Waals surface area contributed by atoms with Crippen LogP contribution in [-0.4, -0.2) is 31.4 Å². The van der Waals surface area contributed by atoms with Gasteiger partial charge in [0.2, 0.25) is 9.84 Å². The number of halogens is 4. The Bertz CT molecular complexity index is 1050. The summed E-state index contributed by atoms with van der Waals surface area (Å²) >= 11 is 0.333. The number of thiophene rings is 1. The number of aliphatic hydroxyl groups is 1. The van der Waals surface area contributed by atoms with Gasteiger partial charge < -0.3 is 16.2 Å². The fraction of sp³-hybridized carbons (Fsp3) is 0.200. The standard InChI is InChI=1S/C15H12F4N2O5S2/c1-6(22)13(24)21-14-8(12(20)23)5-11(27-14)28(25,26)10-3-2-7(4-9(10)16)15(17,18)19/h2-6,22H,1H3,(H2,20,23)(H,21,24). The molecule has 0 fully saturated rings. The SMILES string of the molecule is CC(O)C(=O)Nc1sc(S(=O)(=O)c2ccc(C(F)(F)F)cc2F)cc1C(N)=O. The second-order valence-corrected chi connectivity index (χ2v) is 8.68. The number of benzene rings is 1. The van der Waals surface area contributed by atoms with Crippen LogP contribution in [-0.2, 0) is 20.8 Å². The second kappa shape index (κ2) is 7.48. The Hall–Kier alpha value is -2.51. The van der Waals surface area contributed by atoms with E-state index in [1.165, 1.54) is 0 Å². The molecular formula is C15H12F4N2O5S2. The minimum Gasteiger partial charge on any atom is -0.384 e. The number of anilines is 1. The molecule has 0 saturated heterocycles. The van der Waals surface area contributed by atoms with Gasteiger partial charge in [-0.2, -0.15) is 13.2 Å². The number of primary amides is 1. The lowest BCUT2D eigenvalue weighted by molar-refractivity contribution is -0.137. The van der Waals surface area contributed by atoms with Gasteiger partial charge in [0.15, 0.2) is 0 Å². The van der Waals surface area contributed by atoms with Crippen molar-refractivity contribution in [2.24, 2.45) is 5.73 Å². The van der Waals surface area contributed by atoms with Crippen molar-refractivity contribution in [1.82, 2.24) is 0 Å². The Labute approximate surface area is 159 Å². The maximum Gasteiger partial charge on any atom is 0.416 e. The van der Waals surface area contributed by atoms with E-state index < -0.39 is 60.0 Å². The molecule has 0 bridgehead atoms. The number of carbonyl (C=O) groups excluding carboxylic acids is 2. The summed E-state index contributed by atoms with van der Waals surface area (Å²) in [7, 11) is -4.67. The molecule has 7 nitrogen and oxygen atoms in total. The Balaban J connectivity index is 2.55. The minimum absolute atomic E-state index is 0.0333. The molecule has 0 saturated carbocycles. The number of aliphatic hydroxyl groups excluding tert-OH is 1. The highest BCUT2D eigenvalue weighted by Gasteiger charge is 2.34. The summed E-state index contributed by atoms with van der Waals surface area (Å²) in [6.07, 6.45) is -6.36. The second-order valence-electron chi connectivity index (χ2n) is 5.48. The van der Waals surface area contributed by atoms with Crippen molar-refractivity contribution in [3.8, 4) is 0 Å². The molecule has 1 aromatic carbocycles. The van der Waals surface area contributed by atoms with E-state index in [0.717, 1.165) is 13.0 Å². The summed E-state index contributed by atoms with van der Waals surface area (Å²) in [5.41, 5.74) is 3.32. The minimum atomic E-state index is -4.87. The summed E-state index contributed by atoms with van der Waals surface area (Å²) in [6, 6.07) is 1.64. The van der Waals surface area contributed by atoms with E-state index in [9.17, 15) is 40.7 Å². The molecule has 152 valence electrons. The predicted molar refractivity (Wildman–Crippen MR) is 90.0 cm³/mol. The van der Waals surface area contributed by atoms with E-state index >= 15 is 0 Å². The highest BCUT2D eigenvalue weighted by Crippen LogP contribution is 2.37. The Kier molecular flexibility index (Phi) is 5.82. The first-order valence-corrected chi connectivity index (χ1v) is 9.59. The van der Waals surface area contributed by atoms with Gasteiger partial charge in [0.1, 0.15) is 26.0 Å². The van der Waals surface area contributed by atoms with Gasteiger partial charge in [-0.25, -0.2) is 12.8 Å². The van der Waals surface area contributed by atoms with Crippen LogP contribution in [0.4, 0.5) is 22.6 Å². The summed E-state index contributed by atoms with van der Waals surface area (Å²) in [5, 5.41) is 11.0. The lowest BCUT2D eigenvalue weighted by atomic mass is 10.2. The third kappa shape index (κ3) is 4.31. The quantitative estimate of drug-likeness (QED) is 0.614. The van der Waals surface area contributed by atoms with Gasteiger partial charge in [-0.3, -0.25) is 9.59 Å². The van der Waals surface area contributed by atoms with Crippen LogP contribution in [0.5, 0.6) is 0 Å². The van der Waals surface area contributed by atoms with Gasteiger partial charge >= 0.3 is 6.18 Å². The van der Waals surface area contributed by atoms with E-state index in [2.05, 4.69) is 5.32 Å². The number of hydrogen-bond acceptors (Lipinski definition) is 6. The summed E-state index contributed by atoms with van der Waals surface area (Å²) in [5.74, 6) is -3.72. The number of nitrogens with one attached hydrogen (secondary N) is 1. The summed E-state index contributed by atoms with van der Waals surface area (Å²) in [6.45, 7) is 1.11. The summed E-state index contributed by atoms with van der Waals surface area (Å²) < 4.78 is 76.5. The number of sulfone groups is 1. The molecule has 2 aromatic rings. The van der Waals surface area contributed by atoms with E-state index in [1.807, 2.05) is 0 Å². The zero-order chi connectivity index (χ0) is 21.4. The zero-order valence-corrected chi connectivity index (χ0v) is 15.5. The smallest absolute Gasteiger partial charge is 0.384 e. The number of alkyl halides is 3. The molecule has 4 N–H and O–H groups in total. The number of rotatable bonds is 5. The van der Waals surface area contributed by atoms with E-state index in [1.54, 1.807) is 0 Å². The molecule has 0 radical (unpaired) electrons. The number of nitrogens with two attached hydrogens (primary N) is 1. The van der Waals surface area contributed by atoms with Crippen molar-refractivity contribution in [3.63, 3.8) is 0 Å². The maximum atomic E-state index is 14.1. The largest absolute Gasteiger partial charge is 0.416 e. The van der Waals surface area contributed by atoms with Crippen LogP contribution in [0.2, 0.25) is 0 Å². The third-order valence-corrected chi connectivity index (χ3v) is 6.72. The molecule has 1 atom stereocenters. The van der Waals surface area contributed by atoms with Gasteiger partial charge in [0.25, 0.3) is 11.8 Å². The third-order valence-electron chi connectivity index (χ3n) is 3.40. The van der Waals surface area contributed by atoms with Crippen LogP contribution in [0, 0.1) is 5.82 Å². The van der Waals surface area contributed by atoms with Crippen LogP contribution in [0.25, 0.3) is 0 Å². The zero-order valence-electron chi connectivity index (χ0n) is 13.9. The van der Waals surface area contributed by atoms with E-state index in [-0.39, 0.29) is 11.1 Å². The first-order chi connectivity index (χ1) is 12.7. The Morgan fingerprint density at radius 1 is 1.25 bits per heavy atom. The van der Waals surface area contributed by atoms with Crippen molar-refractivity contribution in [1.29, 1.82) is 0 Å². The number of hydrogen-bond donors (Lipinski definition) is 3. The first-order valence-electron chi connectivity index (χ1n) is 7.29. The average Bonchev–Trinajstić information content (AvgIpc) is 2.98. The van der Waals surface area contributed by atoms with Crippen LogP contribution in [0.1, 0.15) is 22.8 Å². The van der Waals surface area contributed by atoms with Gasteiger partial charge in [0, 0.05) is 0 Å². The monoisotopic (exact) mass is 440 g/mol. The Morgan fingerprint density at radius 3 is 2.32 bits per heavy atom. The molecule has 1 unspecified atom stereocenters. The first kappa shape index (κ1) is 21.8. The molecule has 0 aliphatic rings. The normalized spacial score (nSPS) is 13.2. The number of carbonyl (C=O) groups is 2. The molecule has 0 aliphatic heterocycles. The van der Waals surface area contributed by atoms with Gasteiger partial charge in [0.05, 0.1) is 11.1 Å². The molecule has 1 aromatic heterocycles. The molecule has 2 rings (SSSR count). The van der Waals surface area contributed by atoms with Crippen LogP contribution in [0.3, 0.4) is 0 Å². The average molecular weight is 440 g/mol. The highest BCUT2D eigenvalue weighted by atomic mass is 32.2. The topological polar surface area (TPSA) is 127 Å². The van der Waals surface area contributed by atoms with Crippen molar-refractivity contribution in [2.45, 2.75) is 28.3 Å². The van der Waals surface area contributed by atoms with Crippen molar-refractivity contribution < 1.29 is 40.7 Å². The van der Waals surface area contributed by atoms with Crippen molar-refractivity contribution in [3.05, 3.63) is 41.2 Å². The highest BCUT2D eigenvalue weighted by molar-refractivity contribution is 7.93. The Morgan fingerprint density at radius 2 is 1.86 bits per heavy atom. The lowest BCUT2D eigenvalue weighted by Crippen LogP contribution is -2.25. The fourth-order valence-corrected chi connectivity index (χ4v) is 4.81. The van der Waals surface area contributed by atoms with Crippen LogP contribution >= 0.6 is 11.3 Å². The van der Waals surface area contributed by atoms with Crippen LogP contribution < -0.4 is 11.1 Å².